The molecule has 0 saturated carbocycles. The first-order valence-corrected chi connectivity index (χ1v) is 9.07. The molecule has 1 aliphatic heterocycles. The Morgan fingerprint density at radius 1 is 1.23 bits per heavy atom. The highest BCUT2D eigenvalue weighted by Crippen LogP contribution is 2.26. The molecule has 1 saturated heterocycles. The second kappa shape index (κ2) is 6.96. The Bertz CT molecular complexity index is 988. The lowest BCUT2D eigenvalue weighted by Crippen LogP contribution is -2.41. The van der Waals surface area contributed by atoms with Gasteiger partial charge in [-0.3, -0.25) is 14.3 Å². The maximum atomic E-state index is 12.5. The fourth-order valence-corrected chi connectivity index (χ4v) is 3.78. The number of piperidine rings is 1. The number of aromatic nitrogens is 3. The van der Waals surface area contributed by atoms with Gasteiger partial charge < -0.3 is 9.88 Å². The molecule has 26 heavy (non-hydrogen) atoms. The zero-order chi connectivity index (χ0) is 18.1. The highest BCUT2D eigenvalue weighted by atomic mass is 35.5. The summed E-state index contributed by atoms with van der Waals surface area (Å²) in [6, 6.07) is 11.1. The molecule has 0 atom stereocenters. The zero-order valence-corrected chi connectivity index (χ0v) is 14.9. The summed E-state index contributed by atoms with van der Waals surface area (Å²) in [5.74, 6) is 0.0835. The van der Waals surface area contributed by atoms with Crippen LogP contribution in [0.5, 0.6) is 0 Å². The summed E-state index contributed by atoms with van der Waals surface area (Å²) in [6.07, 6.45) is 3.52. The SMILES string of the molecule is O=C(Cc1ccccn1)N1CCC(n2c(=O)[nH]c3cc(Cl)ccc32)CC1. The van der Waals surface area contributed by atoms with E-state index in [9.17, 15) is 9.59 Å². The summed E-state index contributed by atoms with van der Waals surface area (Å²) in [5.41, 5.74) is 2.26. The molecule has 7 heteroatoms. The van der Waals surface area contributed by atoms with Gasteiger partial charge in [0.2, 0.25) is 5.91 Å². The van der Waals surface area contributed by atoms with E-state index in [4.69, 9.17) is 11.6 Å². The van der Waals surface area contributed by atoms with Gasteiger partial charge in [-0.05, 0) is 43.2 Å². The largest absolute Gasteiger partial charge is 0.342 e. The van der Waals surface area contributed by atoms with Crippen LogP contribution >= 0.6 is 11.6 Å². The third kappa shape index (κ3) is 3.24. The molecule has 6 nitrogen and oxygen atoms in total. The standard InChI is InChI=1S/C19H19ClN4O2/c20-13-4-5-17-16(11-13)22-19(26)24(17)15-6-9-23(10-7-15)18(25)12-14-3-1-2-8-21-14/h1-5,8,11,15H,6-7,9-10,12H2,(H,22,26). The van der Waals surface area contributed by atoms with Crippen molar-refractivity contribution in [3.63, 3.8) is 0 Å². The van der Waals surface area contributed by atoms with Crippen LogP contribution in [0.3, 0.4) is 0 Å². The number of pyridine rings is 1. The highest BCUT2D eigenvalue weighted by molar-refractivity contribution is 6.31. The van der Waals surface area contributed by atoms with Crippen molar-refractivity contribution >= 4 is 28.5 Å². The van der Waals surface area contributed by atoms with Gasteiger partial charge in [-0.15, -0.1) is 0 Å². The zero-order valence-electron chi connectivity index (χ0n) is 14.2. The lowest BCUT2D eigenvalue weighted by atomic mass is 10.0. The maximum absolute atomic E-state index is 12.5. The van der Waals surface area contributed by atoms with E-state index in [1.807, 2.05) is 29.2 Å². The summed E-state index contributed by atoms with van der Waals surface area (Å²) < 4.78 is 1.80. The summed E-state index contributed by atoms with van der Waals surface area (Å²) in [5, 5.41) is 0.598. The first-order chi connectivity index (χ1) is 12.6. The molecule has 1 N–H and O–H groups in total. The van der Waals surface area contributed by atoms with Gasteiger partial charge in [0.05, 0.1) is 17.5 Å². The first-order valence-electron chi connectivity index (χ1n) is 8.69. The molecule has 0 unspecified atom stereocenters. The Morgan fingerprint density at radius 2 is 2.04 bits per heavy atom. The number of amides is 1. The number of aromatic amines is 1. The lowest BCUT2D eigenvalue weighted by molar-refractivity contribution is -0.131. The molecule has 4 rings (SSSR count). The summed E-state index contributed by atoms with van der Waals surface area (Å²) in [4.78, 5) is 33.8. The van der Waals surface area contributed by atoms with E-state index >= 15 is 0 Å². The van der Waals surface area contributed by atoms with Crippen LogP contribution in [0.2, 0.25) is 5.02 Å². The Morgan fingerprint density at radius 3 is 2.77 bits per heavy atom. The van der Waals surface area contributed by atoms with Crippen molar-refractivity contribution in [1.82, 2.24) is 19.4 Å². The monoisotopic (exact) mass is 370 g/mol. The molecule has 1 amide bonds. The minimum Gasteiger partial charge on any atom is -0.342 e. The normalized spacial score (nSPS) is 15.5. The second-order valence-electron chi connectivity index (χ2n) is 6.57. The van der Waals surface area contributed by atoms with Gasteiger partial charge in [0, 0.05) is 36.0 Å². The molecular weight excluding hydrogens is 352 g/mol. The number of hydrogen-bond acceptors (Lipinski definition) is 3. The van der Waals surface area contributed by atoms with Crippen LogP contribution in [-0.2, 0) is 11.2 Å². The van der Waals surface area contributed by atoms with Gasteiger partial charge in [0.1, 0.15) is 0 Å². The fraction of sp³-hybridized carbons (Fsp3) is 0.316. The number of hydrogen-bond donors (Lipinski definition) is 1. The Labute approximate surface area is 155 Å². The minimum atomic E-state index is -0.125. The van der Waals surface area contributed by atoms with Gasteiger partial charge in [0.25, 0.3) is 0 Å². The van der Waals surface area contributed by atoms with E-state index in [2.05, 4.69) is 9.97 Å². The van der Waals surface area contributed by atoms with E-state index < -0.39 is 0 Å². The van der Waals surface area contributed by atoms with Crippen LogP contribution in [0.1, 0.15) is 24.6 Å². The van der Waals surface area contributed by atoms with Crippen molar-refractivity contribution < 1.29 is 4.79 Å². The van der Waals surface area contributed by atoms with Crippen molar-refractivity contribution in [3.8, 4) is 0 Å². The quantitative estimate of drug-likeness (QED) is 0.770. The molecule has 1 aromatic carbocycles. The molecule has 2 aromatic heterocycles. The van der Waals surface area contributed by atoms with E-state index in [-0.39, 0.29) is 17.6 Å². The van der Waals surface area contributed by atoms with E-state index in [1.54, 1.807) is 22.9 Å². The van der Waals surface area contributed by atoms with Crippen LogP contribution < -0.4 is 5.69 Å². The molecule has 3 heterocycles. The van der Waals surface area contributed by atoms with Gasteiger partial charge in [-0.2, -0.15) is 0 Å². The number of benzene rings is 1. The van der Waals surface area contributed by atoms with Crippen molar-refractivity contribution in [2.45, 2.75) is 25.3 Å². The molecular formula is C19H19ClN4O2. The minimum absolute atomic E-state index is 0.0799. The van der Waals surface area contributed by atoms with E-state index in [0.717, 1.165) is 29.6 Å². The van der Waals surface area contributed by atoms with Crippen LogP contribution in [0.4, 0.5) is 0 Å². The third-order valence-electron chi connectivity index (χ3n) is 4.92. The average molecular weight is 371 g/mol. The molecule has 1 aliphatic rings. The third-order valence-corrected chi connectivity index (χ3v) is 5.15. The van der Waals surface area contributed by atoms with Crippen molar-refractivity contribution in [2.75, 3.05) is 13.1 Å². The average Bonchev–Trinajstić information content (AvgIpc) is 2.97. The summed E-state index contributed by atoms with van der Waals surface area (Å²) >= 11 is 6.01. The lowest BCUT2D eigenvalue weighted by Gasteiger charge is -2.32. The molecule has 0 radical (unpaired) electrons. The van der Waals surface area contributed by atoms with Crippen LogP contribution in [0.25, 0.3) is 11.0 Å². The topological polar surface area (TPSA) is 71.0 Å². The number of imidazole rings is 1. The molecule has 134 valence electrons. The predicted molar refractivity (Wildman–Crippen MR) is 100 cm³/mol. The fourth-order valence-electron chi connectivity index (χ4n) is 3.61. The van der Waals surface area contributed by atoms with Crippen molar-refractivity contribution in [2.24, 2.45) is 0 Å². The molecule has 0 spiro atoms. The van der Waals surface area contributed by atoms with Crippen molar-refractivity contribution in [3.05, 3.63) is 63.8 Å². The molecule has 0 aliphatic carbocycles. The highest BCUT2D eigenvalue weighted by Gasteiger charge is 2.26. The second-order valence-corrected chi connectivity index (χ2v) is 7.01. The van der Waals surface area contributed by atoms with Crippen LogP contribution in [0.15, 0.2) is 47.4 Å². The van der Waals surface area contributed by atoms with E-state index in [0.29, 0.717) is 24.5 Å². The van der Waals surface area contributed by atoms with Gasteiger partial charge in [0.15, 0.2) is 0 Å². The summed E-state index contributed by atoms with van der Waals surface area (Å²) in [6.45, 7) is 1.28. The number of fused-ring (bicyclic) bond motifs is 1. The van der Waals surface area contributed by atoms with Crippen molar-refractivity contribution in [1.29, 1.82) is 0 Å². The number of nitrogens with zero attached hydrogens (tertiary/aromatic N) is 3. The van der Waals surface area contributed by atoms with E-state index in [1.165, 1.54) is 0 Å². The molecule has 1 fully saturated rings. The Hall–Kier alpha value is -2.60. The Balaban J connectivity index is 1.46. The number of carbonyl (C=O) groups is 1. The first kappa shape index (κ1) is 16.8. The van der Waals surface area contributed by atoms with Gasteiger partial charge in [-0.25, -0.2) is 4.79 Å². The number of H-pyrrole nitrogens is 1. The predicted octanol–water partition coefficient (Wildman–Crippen LogP) is 2.78. The smallest absolute Gasteiger partial charge is 0.326 e. The van der Waals surface area contributed by atoms with Crippen LogP contribution in [-0.4, -0.2) is 38.4 Å². The van der Waals surface area contributed by atoms with Crippen LogP contribution in [0, 0.1) is 0 Å². The Kier molecular flexibility index (Phi) is 4.51. The summed E-state index contributed by atoms with van der Waals surface area (Å²) in [7, 11) is 0. The number of carbonyl (C=O) groups excluding carboxylic acids is 1. The number of nitrogens with one attached hydrogen (secondary N) is 1. The molecule has 3 aromatic rings. The maximum Gasteiger partial charge on any atom is 0.326 e. The number of halogens is 1. The molecule has 0 bridgehead atoms. The number of likely N-dealkylation sites (tertiary alicyclic amines) is 1. The van der Waals surface area contributed by atoms with Gasteiger partial charge >= 0.3 is 5.69 Å². The van der Waals surface area contributed by atoms with Gasteiger partial charge in [-0.1, -0.05) is 17.7 Å². The number of rotatable bonds is 3.